The number of anilines is 1. The van der Waals surface area contributed by atoms with Crippen molar-refractivity contribution in [2.24, 2.45) is 0 Å². The molecular formula is C17H16BrFN2O2. The minimum atomic E-state index is -0.369. The molecule has 2 amide bonds. The van der Waals surface area contributed by atoms with E-state index in [4.69, 9.17) is 0 Å². The van der Waals surface area contributed by atoms with E-state index < -0.39 is 0 Å². The average Bonchev–Trinajstić information content (AvgIpc) is 2.51. The zero-order valence-corrected chi connectivity index (χ0v) is 13.9. The Hall–Kier alpha value is -2.21. The molecule has 0 aliphatic carbocycles. The molecule has 0 atom stereocenters. The SMILES string of the molecule is O=C(CC(=O)Nc1ccc(Br)cc1)NCCc1ccc(F)cc1. The van der Waals surface area contributed by atoms with Crippen molar-refractivity contribution in [1.29, 1.82) is 0 Å². The maximum absolute atomic E-state index is 12.8. The minimum Gasteiger partial charge on any atom is -0.355 e. The summed E-state index contributed by atoms with van der Waals surface area (Å²) in [5.74, 6) is -1.00. The van der Waals surface area contributed by atoms with Crippen LogP contribution in [0.4, 0.5) is 10.1 Å². The van der Waals surface area contributed by atoms with Crippen molar-refractivity contribution >= 4 is 33.4 Å². The minimum absolute atomic E-state index is 0.237. The number of hydrogen-bond donors (Lipinski definition) is 2. The second kappa shape index (κ2) is 8.43. The molecule has 2 aromatic carbocycles. The molecule has 2 aromatic rings. The summed E-state index contributed by atoms with van der Waals surface area (Å²) in [7, 11) is 0. The number of rotatable bonds is 6. The lowest BCUT2D eigenvalue weighted by Crippen LogP contribution is -2.29. The lowest BCUT2D eigenvalue weighted by molar-refractivity contribution is -0.126. The summed E-state index contributed by atoms with van der Waals surface area (Å²) < 4.78 is 13.7. The highest BCUT2D eigenvalue weighted by atomic mass is 79.9. The predicted octanol–water partition coefficient (Wildman–Crippen LogP) is 3.28. The average molecular weight is 379 g/mol. The molecule has 0 aromatic heterocycles. The fourth-order valence-corrected chi connectivity index (χ4v) is 2.21. The lowest BCUT2D eigenvalue weighted by Gasteiger charge is -2.07. The van der Waals surface area contributed by atoms with E-state index in [0.717, 1.165) is 10.0 Å². The Balaban J connectivity index is 1.70. The van der Waals surface area contributed by atoms with Crippen LogP contribution in [0.25, 0.3) is 0 Å². The predicted molar refractivity (Wildman–Crippen MR) is 90.5 cm³/mol. The van der Waals surface area contributed by atoms with Crippen LogP contribution in [-0.4, -0.2) is 18.4 Å². The van der Waals surface area contributed by atoms with E-state index in [1.54, 1.807) is 36.4 Å². The van der Waals surface area contributed by atoms with Crippen molar-refractivity contribution in [3.05, 3.63) is 64.4 Å². The molecule has 0 aliphatic heterocycles. The number of halogens is 2. The highest BCUT2D eigenvalue weighted by Gasteiger charge is 2.09. The molecular weight excluding hydrogens is 363 g/mol. The largest absolute Gasteiger partial charge is 0.355 e. The van der Waals surface area contributed by atoms with E-state index in [1.165, 1.54) is 12.1 Å². The first-order chi connectivity index (χ1) is 11.0. The van der Waals surface area contributed by atoms with Gasteiger partial charge in [-0.3, -0.25) is 9.59 Å². The summed E-state index contributed by atoms with van der Waals surface area (Å²) in [6.45, 7) is 0.399. The van der Waals surface area contributed by atoms with Crippen molar-refractivity contribution in [1.82, 2.24) is 5.32 Å². The lowest BCUT2D eigenvalue weighted by atomic mass is 10.1. The number of benzene rings is 2. The summed E-state index contributed by atoms with van der Waals surface area (Å²) >= 11 is 3.31. The molecule has 0 aliphatic rings. The van der Waals surface area contributed by atoms with Gasteiger partial charge in [-0.25, -0.2) is 4.39 Å². The van der Waals surface area contributed by atoms with Crippen molar-refractivity contribution in [3.63, 3.8) is 0 Å². The highest BCUT2D eigenvalue weighted by Crippen LogP contribution is 2.14. The Morgan fingerprint density at radius 2 is 1.61 bits per heavy atom. The van der Waals surface area contributed by atoms with Gasteiger partial charge in [0.15, 0.2) is 0 Å². The smallest absolute Gasteiger partial charge is 0.233 e. The first kappa shape index (κ1) is 17.1. The maximum atomic E-state index is 12.8. The van der Waals surface area contributed by atoms with E-state index in [0.29, 0.717) is 18.7 Å². The molecule has 23 heavy (non-hydrogen) atoms. The number of nitrogens with one attached hydrogen (secondary N) is 2. The van der Waals surface area contributed by atoms with Crippen LogP contribution in [0.5, 0.6) is 0 Å². The van der Waals surface area contributed by atoms with Gasteiger partial charge >= 0.3 is 0 Å². The quantitative estimate of drug-likeness (QED) is 0.757. The van der Waals surface area contributed by atoms with E-state index >= 15 is 0 Å². The summed E-state index contributed by atoms with van der Waals surface area (Å²) in [5, 5.41) is 5.32. The molecule has 0 radical (unpaired) electrons. The first-order valence-electron chi connectivity index (χ1n) is 7.09. The highest BCUT2D eigenvalue weighted by molar-refractivity contribution is 9.10. The normalized spacial score (nSPS) is 10.2. The second-order valence-corrected chi connectivity index (χ2v) is 5.87. The first-order valence-corrected chi connectivity index (χ1v) is 7.89. The monoisotopic (exact) mass is 378 g/mol. The van der Waals surface area contributed by atoms with Gasteiger partial charge in [0, 0.05) is 16.7 Å². The third kappa shape index (κ3) is 6.20. The summed E-state index contributed by atoms with van der Waals surface area (Å²) in [6, 6.07) is 13.2. The molecule has 0 fully saturated rings. The molecule has 120 valence electrons. The van der Waals surface area contributed by atoms with Gasteiger partial charge in [-0.2, -0.15) is 0 Å². The number of carbonyl (C=O) groups excluding carboxylic acids is 2. The topological polar surface area (TPSA) is 58.2 Å². The molecule has 0 saturated heterocycles. The molecule has 6 heteroatoms. The standard InChI is InChI=1S/C17H16BrFN2O2/c18-13-3-7-15(8-4-13)21-17(23)11-16(22)20-10-9-12-1-5-14(19)6-2-12/h1-8H,9-11H2,(H,20,22)(H,21,23). The van der Waals surface area contributed by atoms with Gasteiger partial charge in [-0.15, -0.1) is 0 Å². The van der Waals surface area contributed by atoms with Gasteiger partial charge in [0.05, 0.1) is 0 Å². The van der Waals surface area contributed by atoms with Crippen LogP contribution in [-0.2, 0) is 16.0 Å². The third-order valence-corrected chi connectivity index (χ3v) is 3.63. The van der Waals surface area contributed by atoms with Gasteiger partial charge in [-0.1, -0.05) is 28.1 Å². The molecule has 4 nitrogen and oxygen atoms in total. The fraction of sp³-hybridized carbons (Fsp3) is 0.176. The molecule has 2 rings (SSSR count). The molecule has 0 unspecified atom stereocenters. The van der Waals surface area contributed by atoms with Crippen LogP contribution in [0.3, 0.4) is 0 Å². The number of amides is 2. The van der Waals surface area contributed by atoms with Crippen LogP contribution in [0.2, 0.25) is 0 Å². The Kier molecular flexibility index (Phi) is 6.29. The summed E-state index contributed by atoms with van der Waals surface area (Å²) in [4.78, 5) is 23.5. The third-order valence-electron chi connectivity index (χ3n) is 3.10. The molecule has 0 bridgehead atoms. The van der Waals surface area contributed by atoms with Crippen molar-refractivity contribution in [3.8, 4) is 0 Å². The molecule has 2 N–H and O–H groups in total. The van der Waals surface area contributed by atoms with Crippen LogP contribution >= 0.6 is 15.9 Å². The summed E-state index contributed by atoms with van der Waals surface area (Å²) in [5.41, 5.74) is 1.56. The molecule has 0 spiro atoms. The maximum Gasteiger partial charge on any atom is 0.233 e. The van der Waals surface area contributed by atoms with E-state index in [1.807, 2.05) is 0 Å². The van der Waals surface area contributed by atoms with Crippen LogP contribution in [0.15, 0.2) is 53.0 Å². The van der Waals surface area contributed by atoms with Crippen LogP contribution < -0.4 is 10.6 Å². The fourth-order valence-electron chi connectivity index (χ4n) is 1.94. The Morgan fingerprint density at radius 1 is 0.957 bits per heavy atom. The van der Waals surface area contributed by atoms with Crippen molar-refractivity contribution in [2.45, 2.75) is 12.8 Å². The van der Waals surface area contributed by atoms with Crippen molar-refractivity contribution < 1.29 is 14.0 Å². The Labute approximate surface area is 142 Å². The second-order valence-electron chi connectivity index (χ2n) is 4.96. The van der Waals surface area contributed by atoms with E-state index in [-0.39, 0.29) is 24.1 Å². The number of carbonyl (C=O) groups is 2. The van der Waals surface area contributed by atoms with E-state index in [2.05, 4.69) is 26.6 Å². The molecule has 0 heterocycles. The number of hydrogen-bond acceptors (Lipinski definition) is 2. The van der Waals surface area contributed by atoms with Gasteiger partial charge < -0.3 is 10.6 Å². The molecule has 0 saturated carbocycles. The van der Waals surface area contributed by atoms with Gasteiger partial charge in [-0.05, 0) is 48.4 Å². The van der Waals surface area contributed by atoms with Gasteiger partial charge in [0.1, 0.15) is 12.2 Å². The van der Waals surface area contributed by atoms with Gasteiger partial charge in [0.2, 0.25) is 11.8 Å². The zero-order valence-electron chi connectivity index (χ0n) is 12.3. The Bertz CT molecular complexity index is 672. The van der Waals surface area contributed by atoms with Gasteiger partial charge in [0.25, 0.3) is 0 Å². The zero-order chi connectivity index (χ0) is 16.7. The van der Waals surface area contributed by atoms with E-state index in [9.17, 15) is 14.0 Å². The van der Waals surface area contributed by atoms with Crippen LogP contribution in [0, 0.1) is 5.82 Å². The summed E-state index contributed by atoms with van der Waals surface area (Å²) in [6.07, 6.45) is 0.347. The van der Waals surface area contributed by atoms with Crippen LogP contribution in [0.1, 0.15) is 12.0 Å². The van der Waals surface area contributed by atoms with Crippen molar-refractivity contribution in [2.75, 3.05) is 11.9 Å². The Morgan fingerprint density at radius 3 is 2.26 bits per heavy atom.